The summed E-state index contributed by atoms with van der Waals surface area (Å²) in [6.07, 6.45) is 4.50. The average molecular weight is 645 g/mol. The Balaban J connectivity index is 1.21. The van der Waals surface area contributed by atoms with Crippen molar-refractivity contribution in [1.29, 1.82) is 0 Å². The summed E-state index contributed by atoms with van der Waals surface area (Å²) in [4.78, 5) is 38.2. The van der Waals surface area contributed by atoms with Gasteiger partial charge in [-0.05, 0) is 75.1 Å². The van der Waals surface area contributed by atoms with E-state index in [1.54, 1.807) is 49.4 Å². The Morgan fingerprint density at radius 3 is 2.66 bits per heavy atom. The zero-order valence-electron chi connectivity index (χ0n) is 27.1. The fraction of sp³-hybridized carbons (Fsp3) is 0.500. The zero-order chi connectivity index (χ0) is 33.5. The Bertz CT molecular complexity index is 1730. The van der Waals surface area contributed by atoms with Gasteiger partial charge in [0.05, 0.1) is 17.8 Å². The van der Waals surface area contributed by atoms with Gasteiger partial charge in [-0.15, -0.1) is 0 Å². The number of hydrogen-bond acceptors (Lipinski definition) is 8. The van der Waals surface area contributed by atoms with E-state index in [-0.39, 0.29) is 53.7 Å². The lowest BCUT2D eigenvalue weighted by atomic mass is 9.46. The van der Waals surface area contributed by atoms with Crippen molar-refractivity contribution in [2.24, 2.45) is 28.6 Å². The molecule has 2 aromatic rings. The first-order valence-corrected chi connectivity index (χ1v) is 16.5. The number of aliphatic hydroxyl groups is 2. The minimum Gasteiger partial charge on any atom is -0.486 e. The van der Waals surface area contributed by atoms with Crippen LogP contribution in [0.5, 0.6) is 5.75 Å². The number of benzene rings is 2. The maximum Gasteiger partial charge on any atom is 0.193 e. The number of allylic oxidation sites excluding steroid dienone is 4. The average Bonchev–Trinajstić information content (AvgIpc) is 3.53. The molecule has 0 radical (unpaired) electrons. The molecule has 0 aromatic heterocycles. The molecular weight excluding hydrogens is 603 g/mol. The predicted molar refractivity (Wildman–Crippen MR) is 169 cm³/mol. The summed E-state index contributed by atoms with van der Waals surface area (Å²) in [7, 11) is 0. The first kappa shape index (κ1) is 32.1. The van der Waals surface area contributed by atoms with Crippen molar-refractivity contribution in [2.75, 3.05) is 6.61 Å². The molecule has 0 amide bonds. The van der Waals surface area contributed by atoms with Gasteiger partial charge >= 0.3 is 0 Å². The van der Waals surface area contributed by atoms with Crippen molar-refractivity contribution in [3.8, 4) is 5.75 Å². The van der Waals surface area contributed by atoms with Crippen molar-refractivity contribution >= 4 is 17.3 Å². The molecule has 2 aromatic carbocycles. The highest BCUT2D eigenvalue weighted by atomic mass is 19.1. The number of carbonyl (C=O) groups excluding carboxylic acids is 3. The fourth-order valence-corrected chi connectivity index (χ4v) is 10.0. The quantitative estimate of drug-likeness (QED) is 0.379. The van der Waals surface area contributed by atoms with Crippen LogP contribution in [0.15, 0.2) is 60.2 Å². The van der Waals surface area contributed by atoms with Gasteiger partial charge in [-0.3, -0.25) is 14.4 Å². The lowest BCUT2D eigenvalue weighted by Crippen LogP contribution is -2.63. The van der Waals surface area contributed by atoms with Crippen LogP contribution < -0.4 is 4.74 Å². The van der Waals surface area contributed by atoms with Gasteiger partial charge in [0.15, 0.2) is 40.8 Å². The third kappa shape index (κ3) is 4.57. The summed E-state index contributed by atoms with van der Waals surface area (Å²) in [6.45, 7) is 6.40. The molecule has 1 saturated heterocycles. The number of rotatable bonds is 7. The number of carbonyl (C=O) groups is 3. The van der Waals surface area contributed by atoms with Gasteiger partial charge in [0, 0.05) is 27.9 Å². The molecule has 8 nitrogen and oxygen atoms in total. The normalized spacial score (nSPS) is 37.0. The van der Waals surface area contributed by atoms with Gasteiger partial charge in [-0.1, -0.05) is 55.8 Å². The number of Topliss-reactive ketones (excluding diaryl/α,β-unsaturated/α-hetero) is 2. The van der Waals surface area contributed by atoms with Crippen molar-refractivity contribution in [1.82, 2.24) is 0 Å². The highest BCUT2D eigenvalue weighted by Gasteiger charge is 2.76. The number of aliphatic hydroxyl groups excluding tert-OH is 2. The maximum absolute atomic E-state index is 16.3. The Hall–Kier alpha value is -3.50. The summed E-state index contributed by atoms with van der Waals surface area (Å²) < 4.78 is 35.3. The van der Waals surface area contributed by atoms with E-state index >= 15 is 4.39 Å². The molecule has 4 fully saturated rings. The SMILES string of the molecule is CC(=O)c1ccccc1COc1ccc(C)c([C@H]2O[C@@H]3C[C@H]4[C@@H]5CCC6=CC(=O)C=C[C@]6(C)[C@H]5[C@@H](O)C[C@]4(C)[C@]3(C(=O)CO)O2)c1F. The largest absolute Gasteiger partial charge is 0.486 e. The van der Waals surface area contributed by atoms with E-state index in [4.69, 9.17) is 14.2 Å². The third-order valence-corrected chi connectivity index (χ3v) is 12.2. The molecule has 5 aliphatic rings. The van der Waals surface area contributed by atoms with E-state index in [2.05, 4.69) is 6.92 Å². The monoisotopic (exact) mass is 644 g/mol. The van der Waals surface area contributed by atoms with Crippen LogP contribution in [0.2, 0.25) is 0 Å². The number of hydrogen-bond donors (Lipinski definition) is 2. The summed E-state index contributed by atoms with van der Waals surface area (Å²) in [6, 6.07) is 10.2. The van der Waals surface area contributed by atoms with Gasteiger partial charge in [0.2, 0.25) is 0 Å². The number of aryl methyl sites for hydroxylation is 1. The van der Waals surface area contributed by atoms with Crippen LogP contribution in [-0.2, 0) is 25.7 Å². The van der Waals surface area contributed by atoms with Crippen LogP contribution in [0, 0.1) is 41.3 Å². The number of fused-ring (bicyclic) bond motifs is 7. The minimum atomic E-state index is -1.60. The van der Waals surface area contributed by atoms with Gasteiger partial charge in [-0.2, -0.15) is 0 Å². The van der Waals surface area contributed by atoms with E-state index in [9.17, 15) is 24.6 Å². The van der Waals surface area contributed by atoms with E-state index in [0.717, 1.165) is 12.0 Å². The maximum atomic E-state index is 16.3. The Morgan fingerprint density at radius 1 is 1.15 bits per heavy atom. The summed E-state index contributed by atoms with van der Waals surface area (Å²) in [5.41, 5.74) is -0.209. The molecule has 0 unspecified atom stereocenters. The van der Waals surface area contributed by atoms with Crippen molar-refractivity contribution in [3.63, 3.8) is 0 Å². The molecule has 248 valence electrons. The molecule has 47 heavy (non-hydrogen) atoms. The van der Waals surface area contributed by atoms with E-state index in [1.165, 1.54) is 13.0 Å². The third-order valence-electron chi connectivity index (χ3n) is 12.2. The van der Waals surface area contributed by atoms with Crippen molar-refractivity contribution in [3.05, 3.63) is 88.3 Å². The topological polar surface area (TPSA) is 119 Å². The van der Waals surface area contributed by atoms with E-state index in [0.29, 0.717) is 29.5 Å². The molecule has 4 aliphatic carbocycles. The summed E-state index contributed by atoms with van der Waals surface area (Å²) in [5.74, 6) is -1.68. The Labute approximate surface area is 273 Å². The number of ether oxygens (including phenoxy) is 3. The highest BCUT2D eigenvalue weighted by molar-refractivity contribution is 6.01. The smallest absolute Gasteiger partial charge is 0.193 e. The van der Waals surface area contributed by atoms with E-state index < -0.39 is 53.1 Å². The second kappa shape index (κ2) is 11.3. The van der Waals surface area contributed by atoms with Crippen LogP contribution >= 0.6 is 0 Å². The molecule has 3 saturated carbocycles. The Morgan fingerprint density at radius 2 is 1.91 bits per heavy atom. The molecule has 7 rings (SSSR count). The molecule has 2 N–H and O–H groups in total. The highest BCUT2D eigenvalue weighted by Crippen LogP contribution is 2.70. The van der Waals surface area contributed by atoms with E-state index in [1.807, 2.05) is 13.0 Å². The van der Waals surface area contributed by atoms with Gasteiger partial charge in [0.25, 0.3) is 0 Å². The molecule has 0 bridgehead atoms. The first-order valence-electron chi connectivity index (χ1n) is 16.5. The molecule has 1 aliphatic heterocycles. The lowest BCUT2D eigenvalue weighted by Gasteiger charge is -2.59. The van der Waals surface area contributed by atoms with Gasteiger partial charge in [-0.25, -0.2) is 4.39 Å². The first-order chi connectivity index (χ1) is 22.4. The van der Waals surface area contributed by atoms with Crippen LogP contribution in [0.3, 0.4) is 0 Å². The van der Waals surface area contributed by atoms with Crippen molar-refractivity contribution < 1.29 is 43.2 Å². The molecule has 9 heteroatoms. The van der Waals surface area contributed by atoms with Crippen LogP contribution in [0.1, 0.15) is 79.8 Å². The van der Waals surface area contributed by atoms with Crippen LogP contribution in [0.25, 0.3) is 0 Å². The summed E-state index contributed by atoms with van der Waals surface area (Å²) >= 11 is 0. The molecule has 9 atom stereocenters. The lowest BCUT2D eigenvalue weighted by molar-refractivity contribution is -0.201. The summed E-state index contributed by atoms with van der Waals surface area (Å²) in [5, 5.41) is 22.2. The van der Waals surface area contributed by atoms with Crippen molar-refractivity contribution in [2.45, 2.75) is 84.1 Å². The number of ketones is 3. The predicted octanol–water partition coefficient (Wildman–Crippen LogP) is 5.52. The van der Waals surface area contributed by atoms with Crippen LogP contribution in [-0.4, -0.2) is 52.0 Å². The zero-order valence-corrected chi connectivity index (χ0v) is 27.1. The number of halogens is 1. The second-order valence-corrected chi connectivity index (χ2v) is 14.4. The fourth-order valence-electron chi connectivity index (χ4n) is 10.0. The molecular formula is C38H41FO8. The van der Waals surface area contributed by atoms with Gasteiger partial charge in [0.1, 0.15) is 13.2 Å². The molecule has 1 heterocycles. The van der Waals surface area contributed by atoms with Crippen LogP contribution in [0.4, 0.5) is 4.39 Å². The standard InChI is InChI=1S/C38H41FO8/c1-20-9-12-29(45-19-22-7-5-6-8-25(22)21(2)41)34(39)32(20)35-46-31-16-27-26-11-10-23-15-24(42)13-14-36(23,3)33(26)28(43)17-37(27,4)38(31,47-35)30(44)18-40/h5-9,12-15,26-28,31,33,35,40,43H,10-11,16-19H2,1-4H3/t26-,27-,28-,31+,33+,35-,36-,37-,38+/m0/s1. The minimum absolute atomic E-state index is 0.0106. The van der Waals surface area contributed by atoms with Gasteiger partial charge < -0.3 is 24.4 Å². The molecule has 0 spiro atoms. The Kier molecular flexibility index (Phi) is 7.71. The second-order valence-electron chi connectivity index (χ2n) is 14.4.